The van der Waals surface area contributed by atoms with Crippen molar-refractivity contribution in [3.63, 3.8) is 0 Å². The SMILES string of the molecule is CCCCOc1ccc(/C=N\NC(=O)[C@H]2CC(=O)N(c3ccccc3)C2)cc1. The smallest absolute Gasteiger partial charge is 0.245 e. The Morgan fingerprint density at radius 1 is 1.21 bits per heavy atom. The lowest BCUT2D eigenvalue weighted by Crippen LogP contribution is -2.30. The molecule has 0 unspecified atom stereocenters. The van der Waals surface area contributed by atoms with Crippen LogP contribution in [0.4, 0.5) is 5.69 Å². The van der Waals surface area contributed by atoms with Crippen molar-refractivity contribution < 1.29 is 14.3 Å². The zero-order chi connectivity index (χ0) is 19.8. The minimum Gasteiger partial charge on any atom is -0.494 e. The van der Waals surface area contributed by atoms with E-state index in [0.29, 0.717) is 13.2 Å². The second-order valence-corrected chi connectivity index (χ2v) is 6.75. The number of para-hydroxylation sites is 1. The Balaban J connectivity index is 1.49. The first-order chi connectivity index (χ1) is 13.7. The molecule has 2 amide bonds. The number of anilines is 1. The third kappa shape index (κ3) is 5.19. The lowest BCUT2D eigenvalue weighted by Gasteiger charge is -2.16. The van der Waals surface area contributed by atoms with Crippen molar-refractivity contribution in [2.75, 3.05) is 18.1 Å². The Labute approximate surface area is 165 Å². The van der Waals surface area contributed by atoms with Crippen molar-refractivity contribution in [3.8, 4) is 5.75 Å². The molecule has 0 spiro atoms. The predicted molar refractivity (Wildman–Crippen MR) is 109 cm³/mol. The van der Waals surface area contributed by atoms with Crippen molar-refractivity contribution in [2.24, 2.45) is 11.0 Å². The lowest BCUT2D eigenvalue weighted by molar-refractivity contribution is -0.126. The fourth-order valence-electron chi connectivity index (χ4n) is 2.99. The normalized spacial score (nSPS) is 16.5. The average Bonchev–Trinajstić information content (AvgIpc) is 3.12. The molecule has 0 radical (unpaired) electrons. The molecule has 1 aliphatic rings. The van der Waals surface area contributed by atoms with Gasteiger partial charge >= 0.3 is 0 Å². The van der Waals surface area contributed by atoms with Crippen LogP contribution in [-0.4, -0.2) is 31.2 Å². The van der Waals surface area contributed by atoms with Gasteiger partial charge in [0.2, 0.25) is 11.8 Å². The lowest BCUT2D eigenvalue weighted by atomic mass is 10.1. The highest BCUT2D eigenvalue weighted by atomic mass is 16.5. The summed E-state index contributed by atoms with van der Waals surface area (Å²) in [6.45, 7) is 3.20. The van der Waals surface area contributed by atoms with E-state index in [1.165, 1.54) is 0 Å². The molecule has 0 aliphatic carbocycles. The molecule has 3 rings (SSSR count). The first-order valence-electron chi connectivity index (χ1n) is 9.58. The molecule has 2 aromatic rings. The van der Waals surface area contributed by atoms with Gasteiger partial charge in [-0.3, -0.25) is 9.59 Å². The van der Waals surface area contributed by atoms with Gasteiger partial charge in [-0.2, -0.15) is 5.10 Å². The summed E-state index contributed by atoms with van der Waals surface area (Å²) in [6, 6.07) is 16.9. The maximum Gasteiger partial charge on any atom is 0.245 e. The standard InChI is InChI=1S/C22H25N3O3/c1-2-3-13-28-20-11-9-17(10-12-20)15-23-24-22(27)18-14-21(26)25(16-18)19-7-5-4-6-8-19/h4-12,15,18H,2-3,13-14,16H2,1H3,(H,24,27)/b23-15-/t18-/m0/s1. The predicted octanol–water partition coefficient (Wildman–Crippen LogP) is 3.37. The Kier molecular flexibility index (Phi) is 6.78. The number of carbonyl (C=O) groups is 2. The van der Waals surface area contributed by atoms with Gasteiger partial charge in [-0.1, -0.05) is 31.5 Å². The number of nitrogens with zero attached hydrogens (tertiary/aromatic N) is 2. The maximum absolute atomic E-state index is 12.3. The second kappa shape index (κ2) is 9.69. The third-order valence-corrected chi connectivity index (χ3v) is 4.60. The second-order valence-electron chi connectivity index (χ2n) is 6.75. The molecule has 0 bridgehead atoms. The molecule has 6 nitrogen and oxygen atoms in total. The zero-order valence-electron chi connectivity index (χ0n) is 16.0. The van der Waals surface area contributed by atoms with Crippen LogP contribution in [0, 0.1) is 5.92 Å². The van der Waals surface area contributed by atoms with Crippen LogP contribution in [0.1, 0.15) is 31.7 Å². The number of hydrazone groups is 1. The topological polar surface area (TPSA) is 71.0 Å². The minimum absolute atomic E-state index is 0.0472. The summed E-state index contributed by atoms with van der Waals surface area (Å²) in [5, 5.41) is 4.02. The number of nitrogens with one attached hydrogen (secondary N) is 1. The third-order valence-electron chi connectivity index (χ3n) is 4.60. The van der Waals surface area contributed by atoms with E-state index in [2.05, 4.69) is 17.5 Å². The fraction of sp³-hybridized carbons (Fsp3) is 0.318. The van der Waals surface area contributed by atoms with E-state index in [1.807, 2.05) is 54.6 Å². The van der Waals surface area contributed by atoms with Gasteiger partial charge < -0.3 is 9.64 Å². The van der Waals surface area contributed by atoms with Crippen molar-refractivity contribution in [3.05, 3.63) is 60.2 Å². The zero-order valence-corrected chi connectivity index (χ0v) is 16.0. The Morgan fingerprint density at radius 2 is 1.96 bits per heavy atom. The number of benzene rings is 2. The molecule has 1 N–H and O–H groups in total. The van der Waals surface area contributed by atoms with Crippen molar-refractivity contribution in [1.82, 2.24) is 5.43 Å². The quantitative estimate of drug-likeness (QED) is 0.434. The van der Waals surface area contributed by atoms with E-state index >= 15 is 0 Å². The number of carbonyl (C=O) groups excluding carboxylic acids is 2. The van der Waals surface area contributed by atoms with E-state index in [4.69, 9.17) is 4.74 Å². The van der Waals surface area contributed by atoms with Crippen LogP contribution in [0.5, 0.6) is 5.75 Å². The summed E-state index contributed by atoms with van der Waals surface area (Å²) >= 11 is 0. The molecular formula is C22H25N3O3. The number of unbranched alkanes of at least 4 members (excludes halogenated alkanes) is 1. The van der Waals surface area contributed by atoms with Gasteiger partial charge in [0, 0.05) is 18.7 Å². The monoisotopic (exact) mass is 379 g/mol. The van der Waals surface area contributed by atoms with Crippen molar-refractivity contribution >= 4 is 23.7 Å². The van der Waals surface area contributed by atoms with Crippen LogP contribution >= 0.6 is 0 Å². The highest BCUT2D eigenvalue weighted by molar-refractivity contribution is 6.00. The molecule has 0 saturated carbocycles. The van der Waals surface area contributed by atoms with E-state index in [9.17, 15) is 9.59 Å². The van der Waals surface area contributed by atoms with Gasteiger partial charge in [-0.25, -0.2) is 5.43 Å². The molecule has 1 saturated heterocycles. The number of amides is 2. The number of rotatable bonds is 8. The van der Waals surface area contributed by atoms with Gasteiger partial charge in [-0.05, 0) is 48.4 Å². The highest BCUT2D eigenvalue weighted by Gasteiger charge is 2.34. The Hall–Kier alpha value is -3.15. The first kappa shape index (κ1) is 19.6. The number of ether oxygens (including phenoxy) is 1. The summed E-state index contributed by atoms with van der Waals surface area (Å²) in [5.41, 5.74) is 4.21. The van der Waals surface area contributed by atoms with Gasteiger partial charge in [-0.15, -0.1) is 0 Å². The minimum atomic E-state index is -0.404. The molecule has 2 aromatic carbocycles. The molecule has 28 heavy (non-hydrogen) atoms. The summed E-state index contributed by atoms with van der Waals surface area (Å²) in [6.07, 6.45) is 3.90. The number of hydrogen-bond acceptors (Lipinski definition) is 4. The molecule has 1 heterocycles. The van der Waals surface area contributed by atoms with E-state index in [0.717, 1.165) is 29.8 Å². The first-order valence-corrected chi connectivity index (χ1v) is 9.58. The molecule has 1 atom stereocenters. The largest absolute Gasteiger partial charge is 0.494 e. The van der Waals surface area contributed by atoms with Gasteiger partial charge in [0.05, 0.1) is 18.7 Å². The van der Waals surface area contributed by atoms with Crippen LogP contribution in [0.25, 0.3) is 0 Å². The number of hydrogen-bond donors (Lipinski definition) is 1. The van der Waals surface area contributed by atoms with Gasteiger partial charge in [0.25, 0.3) is 0 Å². The van der Waals surface area contributed by atoms with Crippen LogP contribution in [-0.2, 0) is 9.59 Å². The van der Waals surface area contributed by atoms with Crippen LogP contribution < -0.4 is 15.1 Å². The van der Waals surface area contributed by atoms with E-state index in [1.54, 1.807) is 11.1 Å². The van der Waals surface area contributed by atoms with Crippen molar-refractivity contribution in [2.45, 2.75) is 26.2 Å². The molecule has 6 heteroatoms. The van der Waals surface area contributed by atoms with Gasteiger partial charge in [0.15, 0.2) is 0 Å². The summed E-state index contributed by atoms with van der Waals surface area (Å²) in [4.78, 5) is 26.2. The fourth-order valence-corrected chi connectivity index (χ4v) is 2.99. The van der Waals surface area contributed by atoms with Gasteiger partial charge in [0.1, 0.15) is 5.75 Å². The average molecular weight is 379 g/mol. The molecule has 1 aliphatic heterocycles. The van der Waals surface area contributed by atoms with E-state index < -0.39 is 5.92 Å². The Morgan fingerprint density at radius 3 is 2.68 bits per heavy atom. The summed E-state index contributed by atoms with van der Waals surface area (Å²) in [7, 11) is 0. The van der Waals surface area contributed by atoms with E-state index in [-0.39, 0.29) is 18.2 Å². The molecular weight excluding hydrogens is 354 g/mol. The summed E-state index contributed by atoms with van der Waals surface area (Å²) in [5.74, 6) is 0.121. The van der Waals surface area contributed by atoms with Crippen molar-refractivity contribution in [1.29, 1.82) is 0 Å². The van der Waals surface area contributed by atoms with Crippen LogP contribution in [0.15, 0.2) is 59.7 Å². The maximum atomic E-state index is 12.3. The molecule has 146 valence electrons. The molecule has 1 fully saturated rings. The van der Waals surface area contributed by atoms with Crippen LogP contribution in [0.3, 0.4) is 0 Å². The highest BCUT2D eigenvalue weighted by Crippen LogP contribution is 2.24. The van der Waals surface area contributed by atoms with Crippen LogP contribution in [0.2, 0.25) is 0 Å². The Bertz CT molecular complexity index is 819. The summed E-state index contributed by atoms with van der Waals surface area (Å²) < 4.78 is 5.62. The molecule has 0 aromatic heterocycles.